The number of rotatable bonds is 9. The molecule has 0 bridgehead atoms. The third-order valence-electron chi connectivity index (χ3n) is 3.66. The van der Waals surface area contributed by atoms with Crippen molar-refractivity contribution in [2.75, 3.05) is 6.54 Å². The molecule has 0 radical (unpaired) electrons. The lowest BCUT2D eigenvalue weighted by atomic mass is 10.00. The minimum absolute atomic E-state index is 0.0842. The van der Waals surface area contributed by atoms with Gasteiger partial charge in [0.15, 0.2) is 0 Å². The highest BCUT2D eigenvalue weighted by Crippen LogP contribution is 2.16. The maximum absolute atomic E-state index is 13.8. The Labute approximate surface area is 131 Å². The standard InChI is InChI=1S/C18H24FNS/c1-2-12-20-16(8-5-9-17-10-6-13-21-17)14-15-7-3-4-11-18(15)19/h3-4,6-7,10-11,13,16,20H,2,5,8-9,12,14H2,1H3. The van der Waals surface area contributed by atoms with Gasteiger partial charge < -0.3 is 5.32 Å². The Morgan fingerprint density at radius 3 is 2.76 bits per heavy atom. The van der Waals surface area contributed by atoms with Crippen molar-refractivity contribution in [1.29, 1.82) is 0 Å². The van der Waals surface area contributed by atoms with Gasteiger partial charge in [0, 0.05) is 10.9 Å². The van der Waals surface area contributed by atoms with Gasteiger partial charge in [-0.15, -0.1) is 11.3 Å². The van der Waals surface area contributed by atoms with Crippen LogP contribution in [0.3, 0.4) is 0 Å². The smallest absolute Gasteiger partial charge is 0.126 e. The molecule has 0 saturated heterocycles. The number of hydrogen-bond acceptors (Lipinski definition) is 2. The number of thiophene rings is 1. The summed E-state index contributed by atoms with van der Waals surface area (Å²) in [6, 6.07) is 11.8. The molecule has 2 aromatic rings. The van der Waals surface area contributed by atoms with Gasteiger partial charge in [-0.05, 0) is 61.7 Å². The quantitative estimate of drug-likeness (QED) is 0.700. The Bertz CT molecular complexity index is 510. The van der Waals surface area contributed by atoms with Crippen LogP contribution in [-0.2, 0) is 12.8 Å². The second-order valence-electron chi connectivity index (χ2n) is 5.42. The second-order valence-corrected chi connectivity index (χ2v) is 6.45. The lowest BCUT2D eigenvalue weighted by Crippen LogP contribution is -2.32. The zero-order valence-corrected chi connectivity index (χ0v) is 13.5. The van der Waals surface area contributed by atoms with E-state index < -0.39 is 0 Å². The monoisotopic (exact) mass is 305 g/mol. The molecule has 21 heavy (non-hydrogen) atoms. The second kappa shape index (κ2) is 8.96. The van der Waals surface area contributed by atoms with Crippen LogP contribution in [-0.4, -0.2) is 12.6 Å². The van der Waals surface area contributed by atoms with Gasteiger partial charge in [-0.25, -0.2) is 4.39 Å². The number of aryl methyl sites for hydroxylation is 1. The van der Waals surface area contributed by atoms with Crippen LogP contribution < -0.4 is 5.32 Å². The van der Waals surface area contributed by atoms with E-state index in [0.29, 0.717) is 6.04 Å². The highest BCUT2D eigenvalue weighted by atomic mass is 32.1. The fraction of sp³-hybridized carbons (Fsp3) is 0.444. The normalized spacial score (nSPS) is 12.5. The van der Waals surface area contributed by atoms with E-state index in [9.17, 15) is 4.39 Å². The molecule has 1 atom stereocenters. The van der Waals surface area contributed by atoms with Gasteiger partial charge in [-0.1, -0.05) is 31.2 Å². The lowest BCUT2D eigenvalue weighted by Gasteiger charge is -2.19. The predicted molar refractivity (Wildman–Crippen MR) is 89.4 cm³/mol. The summed E-state index contributed by atoms with van der Waals surface area (Å²) in [6.45, 7) is 3.16. The summed E-state index contributed by atoms with van der Waals surface area (Å²) in [4.78, 5) is 1.44. The molecule has 1 N–H and O–H groups in total. The Kier molecular flexibility index (Phi) is 6.90. The zero-order chi connectivity index (χ0) is 14.9. The van der Waals surface area contributed by atoms with E-state index in [1.54, 1.807) is 12.1 Å². The Morgan fingerprint density at radius 2 is 2.05 bits per heavy atom. The molecule has 1 unspecified atom stereocenters. The number of nitrogens with one attached hydrogen (secondary N) is 1. The van der Waals surface area contributed by atoms with Crippen LogP contribution in [0.25, 0.3) is 0 Å². The summed E-state index contributed by atoms with van der Waals surface area (Å²) in [7, 11) is 0. The molecule has 1 heterocycles. The van der Waals surface area contributed by atoms with Gasteiger partial charge in [0.25, 0.3) is 0 Å². The first-order chi connectivity index (χ1) is 10.3. The summed E-state index contributed by atoms with van der Waals surface area (Å²) < 4.78 is 13.8. The fourth-order valence-corrected chi connectivity index (χ4v) is 3.28. The van der Waals surface area contributed by atoms with Crippen molar-refractivity contribution in [2.24, 2.45) is 0 Å². The first-order valence-corrected chi connectivity index (χ1v) is 8.66. The average molecular weight is 305 g/mol. The third kappa shape index (κ3) is 5.60. The highest BCUT2D eigenvalue weighted by Gasteiger charge is 2.11. The minimum Gasteiger partial charge on any atom is -0.314 e. The van der Waals surface area contributed by atoms with Gasteiger partial charge in [0.05, 0.1) is 0 Å². The van der Waals surface area contributed by atoms with Crippen molar-refractivity contribution < 1.29 is 4.39 Å². The van der Waals surface area contributed by atoms with Crippen LogP contribution >= 0.6 is 11.3 Å². The maximum Gasteiger partial charge on any atom is 0.126 e. The van der Waals surface area contributed by atoms with Crippen molar-refractivity contribution in [2.45, 2.75) is 45.1 Å². The number of benzene rings is 1. The van der Waals surface area contributed by atoms with Gasteiger partial charge in [-0.3, -0.25) is 0 Å². The summed E-state index contributed by atoms with van der Waals surface area (Å²) in [5.74, 6) is -0.0842. The molecule has 1 aromatic carbocycles. The summed E-state index contributed by atoms with van der Waals surface area (Å²) in [5, 5.41) is 5.69. The molecule has 1 aromatic heterocycles. The number of hydrogen-bond donors (Lipinski definition) is 1. The van der Waals surface area contributed by atoms with E-state index in [1.807, 2.05) is 23.5 Å². The Balaban J connectivity index is 1.86. The molecule has 0 amide bonds. The van der Waals surface area contributed by atoms with Crippen LogP contribution in [0, 0.1) is 5.82 Å². The molecule has 0 aliphatic heterocycles. The van der Waals surface area contributed by atoms with E-state index >= 15 is 0 Å². The van der Waals surface area contributed by atoms with Crippen LogP contribution in [0.4, 0.5) is 4.39 Å². The Hall–Kier alpha value is -1.19. The fourth-order valence-electron chi connectivity index (χ4n) is 2.53. The van der Waals surface area contributed by atoms with E-state index in [-0.39, 0.29) is 5.82 Å². The van der Waals surface area contributed by atoms with Gasteiger partial charge in [-0.2, -0.15) is 0 Å². The molecule has 0 aliphatic rings. The van der Waals surface area contributed by atoms with Crippen molar-refractivity contribution in [3.05, 3.63) is 58.0 Å². The van der Waals surface area contributed by atoms with Gasteiger partial charge >= 0.3 is 0 Å². The van der Waals surface area contributed by atoms with Gasteiger partial charge in [0.2, 0.25) is 0 Å². The third-order valence-corrected chi connectivity index (χ3v) is 4.60. The van der Waals surface area contributed by atoms with E-state index in [4.69, 9.17) is 0 Å². The van der Waals surface area contributed by atoms with Crippen LogP contribution in [0.15, 0.2) is 41.8 Å². The predicted octanol–water partition coefficient (Wildman–Crippen LogP) is 4.82. The first kappa shape index (κ1) is 16.2. The molecular weight excluding hydrogens is 281 g/mol. The van der Waals surface area contributed by atoms with Crippen molar-refractivity contribution in [3.63, 3.8) is 0 Å². The van der Waals surface area contributed by atoms with Crippen molar-refractivity contribution >= 4 is 11.3 Å². The lowest BCUT2D eigenvalue weighted by molar-refractivity contribution is 0.457. The average Bonchev–Trinajstić information content (AvgIpc) is 3.00. The molecule has 0 aliphatic carbocycles. The van der Waals surface area contributed by atoms with E-state index in [0.717, 1.165) is 44.2 Å². The summed E-state index contributed by atoms with van der Waals surface area (Å²) in [5.41, 5.74) is 0.822. The van der Waals surface area contributed by atoms with Crippen LogP contribution in [0.1, 0.15) is 36.6 Å². The van der Waals surface area contributed by atoms with Crippen molar-refractivity contribution in [3.8, 4) is 0 Å². The van der Waals surface area contributed by atoms with Crippen LogP contribution in [0.5, 0.6) is 0 Å². The Morgan fingerprint density at radius 1 is 1.19 bits per heavy atom. The molecular formula is C18H24FNS. The number of halogens is 1. The maximum atomic E-state index is 13.8. The molecule has 0 fully saturated rings. The SMILES string of the molecule is CCCNC(CCCc1cccs1)Cc1ccccc1F. The first-order valence-electron chi connectivity index (χ1n) is 7.78. The largest absolute Gasteiger partial charge is 0.314 e. The molecule has 0 saturated carbocycles. The summed E-state index contributed by atoms with van der Waals surface area (Å²) >= 11 is 1.82. The molecule has 2 rings (SSSR count). The highest BCUT2D eigenvalue weighted by molar-refractivity contribution is 7.09. The van der Waals surface area contributed by atoms with E-state index in [1.165, 1.54) is 4.88 Å². The van der Waals surface area contributed by atoms with Crippen LogP contribution in [0.2, 0.25) is 0 Å². The summed E-state index contributed by atoms with van der Waals surface area (Å²) in [6.07, 6.45) is 5.25. The topological polar surface area (TPSA) is 12.0 Å². The van der Waals surface area contributed by atoms with Gasteiger partial charge in [0.1, 0.15) is 5.82 Å². The zero-order valence-electron chi connectivity index (χ0n) is 12.6. The molecule has 1 nitrogen and oxygen atoms in total. The van der Waals surface area contributed by atoms with Crippen molar-refractivity contribution in [1.82, 2.24) is 5.32 Å². The molecule has 3 heteroatoms. The molecule has 0 spiro atoms. The minimum atomic E-state index is -0.0842. The molecule has 114 valence electrons. The van der Waals surface area contributed by atoms with E-state index in [2.05, 4.69) is 29.8 Å².